The average Bonchev–Trinajstić information content (AvgIpc) is 4.06. The highest BCUT2D eigenvalue weighted by Gasteiger charge is 2.57. The van der Waals surface area contributed by atoms with E-state index in [1.807, 2.05) is 92.1 Å². The fraction of sp³-hybridized carbons (Fsp3) is 0.245. The first-order valence-corrected chi connectivity index (χ1v) is 20.6. The topological polar surface area (TPSA) is 107 Å². The quantitative estimate of drug-likeness (QED) is 0.116. The Balaban J connectivity index is 1.09. The zero-order chi connectivity index (χ0) is 42.6. The Bertz CT molecular complexity index is 2720. The fourth-order valence-corrected chi connectivity index (χ4v) is 9.17. The average molecular weight is 818 g/mol. The lowest BCUT2D eigenvalue weighted by Crippen LogP contribution is -2.56. The minimum atomic E-state index is -0.901. The lowest BCUT2D eigenvalue weighted by atomic mass is 9.76. The molecule has 2 unspecified atom stereocenters. The first-order valence-electron chi connectivity index (χ1n) is 20.6. The molecule has 10 nitrogen and oxygen atoms in total. The van der Waals surface area contributed by atoms with Crippen LogP contribution >= 0.6 is 0 Å². The normalized spacial score (nSPS) is 17.9. The highest BCUT2D eigenvalue weighted by molar-refractivity contribution is 5.91. The van der Waals surface area contributed by atoms with Crippen molar-refractivity contribution in [1.82, 2.24) is 29.3 Å². The number of aromatic nitrogens is 4. The molecular formula is C49H45F2N7O3. The number of aryl methyl sites for hydroxylation is 1. The van der Waals surface area contributed by atoms with E-state index in [1.165, 1.54) is 22.8 Å². The molecule has 0 radical (unpaired) electrons. The molecule has 61 heavy (non-hydrogen) atoms. The summed E-state index contributed by atoms with van der Waals surface area (Å²) in [4.78, 5) is 48.9. The minimum Gasteiger partial charge on any atom is -0.507 e. The van der Waals surface area contributed by atoms with E-state index in [1.54, 1.807) is 12.3 Å². The summed E-state index contributed by atoms with van der Waals surface area (Å²) in [5, 5.41) is 10.9. The number of pyridine rings is 2. The number of rotatable bonds is 9. The van der Waals surface area contributed by atoms with Crippen molar-refractivity contribution in [1.29, 1.82) is 0 Å². The molecule has 0 aliphatic carbocycles. The number of phenols is 1. The summed E-state index contributed by atoms with van der Waals surface area (Å²) < 4.78 is 32.9. The summed E-state index contributed by atoms with van der Waals surface area (Å²) in [7, 11) is 0. The Kier molecular flexibility index (Phi) is 10.2. The molecule has 2 fully saturated rings. The third kappa shape index (κ3) is 6.71. The van der Waals surface area contributed by atoms with Gasteiger partial charge in [0.15, 0.2) is 11.5 Å². The molecule has 0 saturated carbocycles. The molecule has 1 amide bonds. The molecular weight excluding hydrogens is 773 g/mol. The molecule has 2 aliphatic heterocycles. The number of carbonyl (C=O) groups is 1. The van der Waals surface area contributed by atoms with Crippen LogP contribution in [0.1, 0.15) is 54.6 Å². The zero-order valence-electron chi connectivity index (χ0n) is 34.3. The number of fused-ring (bicyclic) bond motifs is 1. The Morgan fingerprint density at radius 3 is 2.00 bits per heavy atom. The van der Waals surface area contributed by atoms with Crippen LogP contribution in [-0.4, -0.2) is 78.6 Å². The van der Waals surface area contributed by atoms with Crippen molar-refractivity contribution in [2.75, 3.05) is 31.1 Å². The van der Waals surface area contributed by atoms with Crippen molar-refractivity contribution in [2.24, 2.45) is 0 Å². The standard InChI is InChI=1S/C49H45F2N7O3/c1-30(2)42-44(31(3)23-24-52-42)58-46-36(27-38(51)43(53-46)41-37(50)21-14-22-40(41)59)45(54-48(58)61)56-26-25-55(28-32(56)4)47(60)39-29-57(39)49(33-15-8-5-9-16-33,34-17-10-6-11-18-34)35-19-12-7-13-20-35/h5-24,27,30,32,39,59H,25-26,28-29H2,1-4H3/t32-,39?,57?/m0/s1. The van der Waals surface area contributed by atoms with E-state index >= 15 is 8.78 Å². The van der Waals surface area contributed by atoms with Gasteiger partial charge in [-0.2, -0.15) is 4.98 Å². The van der Waals surface area contributed by atoms with Gasteiger partial charge in [0.25, 0.3) is 0 Å². The van der Waals surface area contributed by atoms with Crippen molar-refractivity contribution < 1.29 is 18.7 Å². The van der Waals surface area contributed by atoms with E-state index in [2.05, 4.69) is 56.3 Å². The van der Waals surface area contributed by atoms with Crippen molar-refractivity contribution in [3.8, 4) is 22.7 Å². The van der Waals surface area contributed by atoms with Gasteiger partial charge in [-0.1, -0.05) is 111 Å². The van der Waals surface area contributed by atoms with Crippen LogP contribution < -0.4 is 10.6 Å². The molecule has 3 aromatic heterocycles. The lowest BCUT2D eigenvalue weighted by Gasteiger charge is -2.42. The van der Waals surface area contributed by atoms with E-state index in [9.17, 15) is 14.7 Å². The number of benzene rings is 4. The van der Waals surface area contributed by atoms with Crippen molar-refractivity contribution in [2.45, 2.75) is 51.2 Å². The van der Waals surface area contributed by atoms with E-state index in [0.717, 1.165) is 22.8 Å². The molecule has 7 aromatic rings. The van der Waals surface area contributed by atoms with Gasteiger partial charge in [-0.25, -0.2) is 23.1 Å². The van der Waals surface area contributed by atoms with E-state index in [-0.39, 0.29) is 34.7 Å². The van der Waals surface area contributed by atoms with Crippen LogP contribution in [0.3, 0.4) is 0 Å². The van der Waals surface area contributed by atoms with Crippen molar-refractivity contribution in [3.63, 3.8) is 0 Å². The molecule has 0 bridgehead atoms. The van der Waals surface area contributed by atoms with Crippen LogP contribution in [0.25, 0.3) is 28.0 Å². The summed E-state index contributed by atoms with van der Waals surface area (Å²) in [6.45, 7) is 9.18. The van der Waals surface area contributed by atoms with Crippen LogP contribution in [-0.2, 0) is 10.3 Å². The second-order valence-corrected chi connectivity index (χ2v) is 16.2. The number of amides is 1. The minimum absolute atomic E-state index is 0.00205. The zero-order valence-corrected chi connectivity index (χ0v) is 34.3. The number of halogens is 2. The van der Waals surface area contributed by atoms with Gasteiger partial charge in [-0.15, -0.1) is 0 Å². The summed E-state index contributed by atoms with van der Waals surface area (Å²) in [5.41, 5.74) is 2.71. The van der Waals surface area contributed by atoms with Crippen LogP contribution in [0, 0.1) is 18.6 Å². The molecule has 308 valence electrons. The first kappa shape index (κ1) is 39.7. The Morgan fingerprint density at radius 2 is 1.43 bits per heavy atom. The number of phenolic OH excluding ortho intramolecular Hbond substituents is 1. The van der Waals surface area contributed by atoms with Crippen LogP contribution in [0.4, 0.5) is 14.6 Å². The largest absolute Gasteiger partial charge is 0.507 e. The number of nitrogens with zero attached hydrogens (tertiary/aromatic N) is 7. The maximum atomic E-state index is 16.4. The lowest BCUT2D eigenvalue weighted by molar-refractivity contribution is -0.132. The van der Waals surface area contributed by atoms with Gasteiger partial charge in [0.05, 0.1) is 27.9 Å². The monoisotopic (exact) mass is 817 g/mol. The van der Waals surface area contributed by atoms with Gasteiger partial charge in [-0.05, 0) is 66.3 Å². The van der Waals surface area contributed by atoms with Crippen LogP contribution in [0.15, 0.2) is 132 Å². The summed E-state index contributed by atoms with van der Waals surface area (Å²) in [6, 6.07) is 36.8. The molecule has 2 saturated heterocycles. The molecule has 3 atom stereocenters. The van der Waals surface area contributed by atoms with Gasteiger partial charge in [0.2, 0.25) is 5.91 Å². The van der Waals surface area contributed by atoms with E-state index < -0.39 is 45.9 Å². The van der Waals surface area contributed by atoms with Gasteiger partial charge in [-0.3, -0.25) is 14.7 Å². The van der Waals surface area contributed by atoms with E-state index in [0.29, 0.717) is 43.1 Å². The van der Waals surface area contributed by atoms with Crippen molar-refractivity contribution in [3.05, 3.63) is 178 Å². The Hall–Kier alpha value is -6.79. The number of anilines is 1. The van der Waals surface area contributed by atoms with Crippen LogP contribution in [0.2, 0.25) is 0 Å². The van der Waals surface area contributed by atoms with Gasteiger partial charge >= 0.3 is 5.69 Å². The second kappa shape index (κ2) is 15.7. The molecule has 1 N–H and O–H groups in total. The Morgan fingerprint density at radius 1 is 0.803 bits per heavy atom. The van der Waals surface area contributed by atoms with Crippen LogP contribution in [0.5, 0.6) is 5.75 Å². The molecule has 12 heteroatoms. The summed E-state index contributed by atoms with van der Waals surface area (Å²) in [6.07, 6.45) is 1.66. The molecule has 4 aromatic carbocycles. The maximum Gasteiger partial charge on any atom is 0.355 e. The maximum absolute atomic E-state index is 16.4. The Labute approximate surface area is 352 Å². The molecule has 2 aliphatic rings. The highest BCUT2D eigenvalue weighted by Crippen LogP contribution is 2.49. The summed E-state index contributed by atoms with van der Waals surface area (Å²) >= 11 is 0. The first-order chi connectivity index (χ1) is 29.5. The number of aromatic hydroxyl groups is 1. The second-order valence-electron chi connectivity index (χ2n) is 16.2. The van der Waals surface area contributed by atoms with Gasteiger partial charge < -0.3 is 14.9 Å². The van der Waals surface area contributed by atoms with Crippen molar-refractivity contribution >= 4 is 22.8 Å². The SMILES string of the molecule is Cc1ccnc(C(C)C)c1-n1c(=O)nc(N2CCN(C(=O)C3CN3C(c3ccccc3)(c3ccccc3)c3ccccc3)C[C@@H]2C)c2cc(F)c(-c3c(O)cccc3F)nc21. The third-order valence-electron chi connectivity index (χ3n) is 12.1. The number of hydrogen-bond donors (Lipinski definition) is 1. The fourth-order valence-electron chi connectivity index (χ4n) is 9.17. The predicted molar refractivity (Wildman–Crippen MR) is 232 cm³/mol. The molecule has 9 rings (SSSR count). The van der Waals surface area contributed by atoms with Gasteiger partial charge in [0.1, 0.15) is 29.1 Å². The third-order valence-corrected chi connectivity index (χ3v) is 12.1. The highest BCUT2D eigenvalue weighted by atomic mass is 19.1. The summed E-state index contributed by atoms with van der Waals surface area (Å²) in [5.74, 6) is -2.18. The van der Waals surface area contributed by atoms with Gasteiger partial charge in [0, 0.05) is 38.4 Å². The molecule has 0 spiro atoms. The number of carbonyl (C=O) groups excluding carboxylic acids is 1. The number of piperazine rings is 1. The van der Waals surface area contributed by atoms with E-state index in [4.69, 9.17) is 0 Å². The predicted octanol–water partition coefficient (Wildman–Crippen LogP) is 7.97. The smallest absolute Gasteiger partial charge is 0.355 e. The molecule has 5 heterocycles. The number of hydrogen-bond acceptors (Lipinski definition) is 8.